The number of hydrogen-bond donors (Lipinski definition) is 1. The van der Waals surface area contributed by atoms with Crippen LogP contribution in [0.25, 0.3) is 0 Å². The first-order valence-corrected chi connectivity index (χ1v) is 11.7. The number of ether oxygens (including phenoxy) is 1. The lowest BCUT2D eigenvalue weighted by atomic mass is 10.1. The summed E-state index contributed by atoms with van der Waals surface area (Å²) in [4.78, 5) is 12.6. The lowest BCUT2D eigenvalue weighted by Crippen LogP contribution is -2.39. The van der Waals surface area contributed by atoms with Gasteiger partial charge < -0.3 is 10.1 Å². The van der Waals surface area contributed by atoms with Gasteiger partial charge in [0.05, 0.1) is 24.1 Å². The molecule has 6 nitrogen and oxygen atoms in total. The zero-order chi connectivity index (χ0) is 24.8. The van der Waals surface area contributed by atoms with E-state index in [-0.39, 0.29) is 17.1 Å². The van der Waals surface area contributed by atoms with Gasteiger partial charge in [0.15, 0.2) is 0 Å². The SMILES string of the molecule is COc1ccc(S(=O)(=O)N(CCc2ccccc2)CC(=O)Nc2ccc(C(F)(F)F)cc2)cc1. The highest BCUT2D eigenvalue weighted by Crippen LogP contribution is 2.29. The number of sulfonamides is 1. The van der Waals surface area contributed by atoms with E-state index in [9.17, 15) is 26.4 Å². The lowest BCUT2D eigenvalue weighted by molar-refractivity contribution is -0.137. The second-order valence-corrected chi connectivity index (χ2v) is 9.31. The topological polar surface area (TPSA) is 75.7 Å². The van der Waals surface area contributed by atoms with Gasteiger partial charge in [-0.1, -0.05) is 30.3 Å². The number of benzene rings is 3. The third kappa shape index (κ3) is 6.58. The van der Waals surface area contributed by atoms with E-state index in [0.29, 0.717) is 12.2 Å². The number of rotatable bonds is 9. The molecule has 0 spiro atoms. The maximum atomic E-state index is 13.3. The summed E-state index contributed by atoms with van der Waals surface area (Å²) >= 11 is 0. The van der Waals surface area contributed by atoms with E-state index < -0.39 is 34.2 Å². The highest BCUT2D eigenvalue weighted by atomic mass is 32.2. The Morgan fingerprint density at radius 1 is 0.941 bits per heavy atom. The monoisotopic (exact) mass is 492 g/mol. The van der Waals surface area contributed by atoms with Crippen molar-refractivity contribution in [3.8, 4) is 5.75 Å². The zero-order valence-electron chi connectivity index (χ0n) is 18.2. The van der Waals surface area contributed by atoms with Crippen LogP contribution in [0, 0.1) is 0 Å². The van der Waals surface area contributed by atoms with Crippen molar-refractivity contribution >= 4 is 21.6 Å². The van der Waals surface area contributed by atoms with Crippen molar-refractivity contribution in [3.63, 3.8) is 0 Å². The summed E-state index contributed by atoms with van der Waals surface area (Å²) in [7, 11) is -2.58. The summed E-state index contributed by atoms with van der Waals surface area (Å²) in [6.45, 7) is -0.485. The maximum absolute atomic E-state index is 13.3. The smallest absolute Gasteiger partial charge is 0.416 e. The molecule has 34 heavy (non-hydrogen) atoms. The van der Waals surface area contributed by atoms with E-state index >= 15 is 0 Å². The van der Waals surface area contributed by atoms with Gasteiger partial charge in [-0.05, 0) is 60.5 Å². The van der Waals surface area contributed by atoms with Crippen LogP contribution in [0.1, 0.15) is 11.1 Å². The summed E-state index contributed by atoms with van der Waals surface area (Å²) in [5, 5.41) is 2.46. The van der Waals surface area contributed by atoms with Crippen LogP contribution in [0.5, 0.6) is 5.75 Å². The van der Waals surface area contributed by atoms with E-state index in [1.807, 2.05) is 30.3 Å². The fraction of sp³-hybridized carbons (Fsp3) is 0.208. The number of hydrogen-bond acceptors (Lipinski definition) is 4. The number of carbonyl (C=O) groups is 1. The van der Waals surface area contributed by atoms with E-state index in [2.05, 4.69) is 5.32 Å². The first kappa shape index (κ1) is 25.3. The minimum Gasteiger partial charge on any atom is -0.497 e. The van der Waals surface area contributed by atoms with Crippen molar-refractivity contribution in [1.29, 1.82) is 0 Å². The van der Waals surface area contributed by atoms with Crippen LogP contribution in [0.2, 0.25) is 0 Å². The number of amides is 1. The zero-order valence-corrected chi connectivity index (χ0v) is 19.1. The Balaban J connectivity index is 1.78. The van der Waals surface area contributed by atoms with Gasteiger partial charge in [-0.25, -0.2) is 8.42 Å². The van der Waals surface area contributed by atoms with E-state index in [1.54, 1.807) is 0 Å². The predicted molar refractivity (Wildman–Crippen MR) is 122 cm³/mol. The number of carbonyl (C=O) groups excluding carboxylic acids is 1. The van der Waals surface area contributed by atoms with Gasteiger partial charge in [0.1, 0.15) is 5.75 Å². The molecule has 10 heteroatoms. The standard InChI is InChI=1S/C24H23F3N2O4S/c1-33-21-11-13-22(14-12-21)34(31,32)29(16-15-18-5-3-2-4-6-18)17-23(30)28-20-9-7-19(8-10-20)24(25,26)27/h2-14H,15-17H2,1H3,(H,28,30). The molecule has 0 aromatic heterocycles. The Hall–Kier alpha value is -3.37. The molecule has 0 unspecified atom stereocenters. The van der Waals surface area contributed by atoms with Crippen LogP contribution in [-0.4, -0.2) is 38.8 Å². The fourth-order valence-corrected chi connectivity index (χ4v) is 4.58. The molecule has 3 rings (SSSR count). The second kappa shape index (κ2) is 10.7. The molecule has 1 N–H and O–H groups in total. The van der Waals surface area contributed by atoms with Crippen molar-refractivity contribution in [2.45, 2.75) is 17.5 Å². The molecule has 3 aromatic carbocycles. The number of alkyl halides is 3. The van der Waals surface area contributed by atoms with E-state index in [1.165, 1.54) is 31.4 Å². The van der Waals surface area contributed by atoms with Gasteiger partial charge in [0.2, 0.25) is 15.9 Å². The molecule has 1 amide bonds. The Labute approximate surface area is 196 Å². The minimum absolute atomic E-state index is 0.0105. The number of anilines is 1. The molecular formula is C24H23F3N2O4S. The molecule has 0 aliphatic heterocycles. The van der Waals surface area contributed by atoms with Gasteiger partial charge >= 0.3 is 6.18 Å². The van der Waals surface area contributed by atoms with E-state index in [0.717, 1.165) is 34.1 Å². The highest BCUT2D eigenvalue weighted by molar-refractivity contribution is 7.89. The Morgan fingerprint density at radius 3 is 2.12 bits per heavy atom. The highest BCUT2D eigenvalue weighted by Gasteiger charge is 2.30. The van der Waals surface area contributed by atoms with Gasteiger partial charge in [-0.15, -0.1) is 0 Å². The molecule has 0 aliphatic carbocycles. The molecule has 180 valence electrons. The molecule has 3 aromatic rings. The van der Waals surface area contributed by atoms with Crippen molar-refractivity contribution in [3.05, 3.63) is 90.0 Å². The van der Waals surface area contributed by atoms with Crippen molar-refractivity contribution in [1.82, 2.24) is 4.31 Å². The molecule has 0 saturated carbocycles. The van der Waals surface area contributed by atoms with Crippen LogP contribution >= 0.6 is 0 Å². The second-order valence-electron chi connectivity index (χ2n) is 7.37. The average molecular weight is 493 g/mol. The van der Waals surface area contributed by atoms with Crippen LogP contribution in [0.4, 0.5) is 18.9 Å². The molecule has 0 atom stereocenters. The van der Waals surface area contributed by atoms with Gasteiger partial charge in [-0.3, -0.25) is 4.79 Å². The fourth-order valence-electron chi connectivity index (χ4n) is 3.18. The van der Waals surface area contributed by atoms with Gasteiger partial charge in [-0.2, -0.15) is 17.5 Å². The number of nitrogens with zero attached hydrogens (tertiary/aromatic N) is 1. The quantitative estimate of drug-likeness (QED) is 0.474. The van der Waals surface area contributed by atoms with E-state index in [4.69, 9.17) is 4.74 Å². The first-order chi connectivity index (χ1) is 16.1. The number of methoxy groups -OCH3 is 1. The van der Waals surface area contributed by atoms with Crippen LogP contribution < -0.4 is 10.1 Å². The molecule has 0 bridgehead atoms. The van der Waals surface area contributed by atoms with Crippen LogP contribution in [-0.2, 0) is 27.4 Å². The third-order valence-electron chi connectivity index (χ3n) is 5.01. The van der Waals surface area contributed by atoms with Gasteiger partial charge in [0, 0.05) is 12.2 Å². The number of nitrogens with one attached hydrogen (secondary N) is 1. The summed E-state index contributed by atoms with van der Waals surface area (Å²) in [5.74, 6) is -0.195. The predicted octanol–water partition coefficient (Wildman–Crippen LogP) is 4.59. The number of halogens is 3. The summed E-state index contributed by atoms with van der Waals surface area (Å²) in [6, 6.07) is 18.9. The Kier molecular flexibility index (Phi) is 7.95. The van der Waals surface area contributed by atoms with Gasteiger partial charge in [0.25, 0.3) is 0 Å². The molecule has 0 radical (unpaired) electrons. The third-order valence-corrected chi connectivity index (χ3v) is 6.87. The molecule has 0 heterocycles. The summed E-state index contributed by atoms with van der Waals surface area (Å²) in [6.07, 6.45) is -4.13. The first-order valence-electron chi connectivity index (χ1n) is 10.2. The Bertz CT molecular complexity index is 1200. The van der Waals surface area contributed by atoms with Crippen molar-refractivity contribution < 1.29 is 31.1 Å². The van der Waals surface area contributed by atoms with Crippen molar-refractivity contribution in [2.75, 3.05) is 25.5 Å². The maximum Gasteiger partial charge on any atom is 0.416 e. The largest absolute Gasteiger partial charge is 0.497 e. The molecule has 0 fully saturated rings. The normalized spacial score (nSPS) is 11.9. The minimum atomic E-state index is -4.50. The molecule has 0 saturated heterocycles. The van der Waals surface area contributed by atoms with Crippen LogP contribution in [0.3, 0.4) is 0 Å². The molecule has 0 aliphatic rings. The Morgan fingerprint density at radius 2 is 1.56 bits per heavy atom. The van der Waals surface area contributed by atoms with Crippen LogP contribution in [0.15, 0.2) is 83.8 Å². The summed E-state index contributed by atoms with van der Waals surface area (Å²) < 4.78 is 70.9. The van der Waals surface area contributed by atoms with Crippen molar-refractivity contribution in [2.24, 2.45) is 0 Å². The average Bonchev–Trinajstić information content (AvgIpc) is 2.82. The lowest BCUT2D eigenvalue weighted by Gasteiger charge is -2.22. The summed E-state index contributed by atoms with van der Waals surface area (Å²) in [5.41, 5.74) is 0.167. The molecular weight excluding hydrogens is 469 g/mol.